The number of benzene rings is 2. The summed E-state index contributed by atoms with van der Waals surface area (Å²) in [4.78, 5) is 26.1. The number of nitrogens with zero attached hydrogens (tertiary/aromatic N) is 1. The predicted molar refractivity (Wildman–Crippen MR) is 111 cm³/mol. The number of aromatic nitrogens is 2. The number of ether oxygens (including phenoxy) is 1. The van der Waals surface area contributed by atoms with Gasteiger partial charge in [-0.1, -0.05) is 22.8 Å². The van der Waals surface area contributed by atoms with Crippen LogP contribution in [0.2, 0.25) is 5.02 Å². The van der Waals surface area contributed by atoms with Crippen molar-refractivity contribution in [1.29, 1.82) is 0 Å². The molecule has 1 aliphatic heterocycles. The summed E-state index contributed by atoms with van der Waals surface area (Å²) in [7, 11) is 0. The van der Waals surface area contributed by atoms with Crippen LogP contribution in [0.15, 0.2) is 45.7 Å². The Kier molecular flexibility index (Phi) is 6.63. The Morgan fingerprint density at radius 2 is 2.06 bits per heavy atom. The number of H-pyrrole nitrogens is 1. The zero-order valence-corrected chi connectivity index (χ0v) is 17.4. The maximum absolute atomic E-state index is 14.1. The molecular formula is C21H19ClF2N4O4. The third-order valence-electron chi connectivity index (χ3n) is 5.13. The van der Waals surface area contributed by atoms with E-state index < -0.39 is 29.4 Å². The van der Waals surface area contributed by atoms with Gasteiger partial charge in [0.15, 0.2) is 5.82 Å². The zero-order chi connectivity index (χ0) is 22.7. The number of halogens is 3. The van der Waals surface area contributed by atoms with Gasteiger partial charge >= 0.3 is 5.76 Å². The molecule has 2 atom stereocenters. The maximum atomic E-state index is 14.1. The van der Waals surface area contributed by atoms with E-state index in [1.807, 2.05) is 0 Å². The third-order valence-corrected chi connectivity index (χ3v) is 5.44. The van der Waals surface area contributed by atoms with Crippen LogP contribution in [-0.2, 0) is 4.74 Å². The molecule has 4 rings (SSSR count). The number of hydrogen-bond donors (Lipinski definition) is 3. The van der Waals surface area contributed by atoms with E-state index in [0.29, 0.717) is 25.3 Å². The SMILES string of the molecule is O=C(NCC1CNCCOC1c1ccc(Cl)c(F)c1)c1ccc(F)c(-c2noc(=O)[nH]2)c1. The van der Waals surface area contributed by atoms with E-state index in [9.17, 15) is 18.4 Å². The zero-order valence-electron chi connectivity index (χ0n) is 16.7. The van der Waals surface area contributed by atoms with Crippen LogP contribution in [-0.4, -0.2) is 42.3 Å². The van der Waals surface area contributed by atoms with E-state index in [2.05, 4.69) is 25.3 Å². The predicted octanol–water partition coefficient (Wildman–Crippen LogP) is 2.67. The quantitative estimate of drug-likeness (QED) is 0.535. The lowest BCUT2D eigenvalue weighted by Crippen LogP contribution is -2.36. The Labute approximate surface area is 185 Å². The van der Waals surface area contributed by atoms with E-state index in [1.54, 1.807) is 6.07 Å². The summed E-state index contributed by atoms with van der Waals surface area (Å²) in [5.41, 5.74) is 0.716. The van der Waals surface area contributed by atoms with E-state index in [-0.39, 0.29) is 34.4 Å². The van der Waals surface area contributed by atoms with E-state index in [0.717, 1.165) is 6.07 Å². The molecule has 168 valence electrons. The summed E-state index contributed by atoms with van der Waals surface area (Å²) in [5, 5.41) is 9.51. The lowest BCUT2D eigenvalue weighted by atomic mass is 9.95. The number of hydrogen-bond acceptors (Lipinski definition) is 6. The highest BCUT2D eigenvalue weighted by Crippen LogP contribution is 2.29. The van der Waals surface area contributed by atoms with Gasteiger partial charge in [-0.05, 0) is 35.9 Å². The molecule has 11 heteroatoms. The number of nitrogens with one attached hydrogen (secondary N) is 3. The van der Waals surface area contributed by atoms with Crippen LogP contribution in [0, 0.1) is 17.6 Å². The molecule has 2 aromatic carbocycles. The number of carbonyl (C=O) groups excluding carboxylic acids is 1. The molecular weight excluding hydrogens is 446 g/mol. The first-order chi connectivity index (χ1) is 15.4. The third kappa shape index (κ3) is 4.87. The summed E-state index contributed by atoms with van der Waals surface area (Å²) < 4.78 is 38.4. The van der Waals surface area contributed by atoms with Gasteiger partial charge in [0.05, 0.1) is 23.3 Å². The standard InChI is InChI=1S/C21H19ClF2N4O4/c22-15-3-1-11(8-17(15)24)18-13(9-25-5-6-31-18)10-26-20(29)12-2-4-16(23)14(7-12)19-27-21(30)32-28-19/h1-4,7-8,13,18,25H,5-6,9-10H2,(H,26,29)(H,27,28,30). The molecule has 2 heterocycles. The van der Waals surface area contributed by atoms with Crippen LogP contribution < -0.4 is 16.4 Å². The first kappa shape index (κ1) is 22.1. The summed E-state index contributed by atoms with van der Waals surface area (Å²) in [6.45, 7) is 1.79. The van der Waals surface area contributed by atoms with Gasteiger partial charge < -0.3 is 15.4 Å². The molecule has 3 aromatic rings. The van der Waals surface area contributed by atoms with Crippen molar-refractivity contribution in [2.45, 2.75) is 6.10 Å². The van der Waals surface area contributed by atoms with Gasteiger partial charge in [-0.3, -0.25) is 14.3 Å². The molecule has 1 saturated heterocycles. The highest BCUT2D eigenvalue weighted by molar-refractivity contribution is 6.30. The van der Waals surface area contributed by atoms with Gasteiger partial charge in [-0.2, -0.15) is 0 Å². The van der Waals surface area contributed by atoms with Crippen molar-refractivity contribution in [2.24, 2.45) is 5.92 Å². The van der Waals surface area contributed by atoms with Crippen molar-refractivity contribution >= 4 is 17.5 Å². The fourth-order valence-electron chi connectivity index (χ4n) is 3.55. The summed E-state index contributed by atoms with van der Waals surface area (Å²) >= 11 is 5.79. The summed E-state index contributed by atoms with van der Waals surface area (Å²) in [6, 6.07) is 8.19. The monoisotopic (exact) mass is 464 g/mol. The van der Waals surface area contributed by atoms with Crippen LogP contribution in [0.4, 0.5) is 8.78 Å². The first-order valence-electron chi connectivity index (χ1n) is 9.84. The minimum absolute atomic E-state index is 0.0194. The van der Waals surface area contributed by atoms with Crippen molar-refractivity contribution in [2.75, 3.05) is 26.2 Å². The molecule has 1 aliphatic rings. The Morgan fingerprint density at radius 3 is 2.81 bits per heavy atom. The Bertz CT molecular complexity index is 1180. The van der Waals surface area contributed by atoms with Crippen molar-refractivity contribution < 1.29 is 22.8 Å². The highest BCUT2D eigenvalue weighted by Gasteiger charge is 2.27. The van der Waals surface area contributed by atoms with Gasteiger partial charge in [0.25, 0.3) is 5.91 Å². The van der Waals surface area contributed by atoms with Crippen LogP contribution in [0.3, 0.4) is 0 Å². The Balaban J connectivity index is 1.50. The van der Waals surface area contributed by atoms with Gasteiger partial charge in [0.2, 0.25) is 0 Å². The Hall–Kier alpha value is -3.08. The first-order valence-corrected chi connectivity index (χ1v) is 10.2. The van der Waals surface area contributed by atoms with Gasteiger partial charge in [0.1, 0.15) is 11.6 Å². The van der Waals surface area contributed by atoms with Gasteiger partial charge in [-0.15, -0.1) is 0 Å². The highest BCUT2D eigenvalue weighted by atomic mass is 35.5. The molecule has 8 nitrogen and oxygen atoms in total. The lowest BCUT2D eigenvalue weighted by Gasteiger charge is -2.25. The second-order valence-electron chi connectivity index (χ2n) is 7.28. The Morgan fingerprint density at radius 1 is 1.22 bits per heavy atom. The fraction of sp³-hybridized carbons (Fsp3) is 0.286. The summed E-state index contributed by atoms with van der Waals surface area (Å²) in [6.07, 6.45) is -0.457. The van der Waals surface area contributed by atoms with Crippen LogP contribution in [0.25, 0.3) is 11.4 Å². The topological polar surface area (TPSA) is 109 Å². The van der Waals surface area contributed by atoms with Gasteiger partial charge in [0, 0.05) is 31.1 Å². The van der Waals surface area contributed by atoms with E-state index >= 15 is 0 Å². The lowest BCUT2D eigenvalue weighted by molar-refractivity contribution is 0.0304. The number of carbonyl (C=O) groups is 1. The fourth-order valence-corrected chi connectivity index (χ4v) is 3.66. The van der Waals surface area contributed by atoms with Crippen LogP contribution >= 0.6 is 11.6 Å². The second kappa shape index (κ2) is 9.60. The van der Waals surface area contributed by atoms with Crippen LogP contribution in [0.1, 0.15) is 22.0 Å². The van der Waals surface area contributed by atoms with Crippen molar-refractivity contribution in [1.82, 2.24) is 20.8 Å². The van der Waals surface area contributed by atoms with Gasteiger partial charge in [-0.25, -0.2) is 13.6 Å². The molecule has 0 spiro atoms. The summed E-state index contributed by atoms with van der Waals surface area (Å²) in [5.74, 6) is -2.82. The number of aromatic amines is 1. The molecule has 3 N–H and O–H groups in total. The minimum atomic E-state index is -0.834. The van der Waals surface area contributed by atoms with Crippen LogP contribution in [0.5, 0.6) is 0 Å². The molecule has 0 radical (unpaired) electrons. The number of rotatable bonds is 5. The average Bonchev–Trinajstić information content (AvgIpc) is 3.07. The molecule has 2 unspecified atom stereocenters. The molecule has 0 bridgehead atoms. The van der Waals surface area contributed by atoms with E-state index in [1.165, 1.54) is 24.3 Å². The molecule has 0 saturated carbocycles. The average molecular weight is 465 g/mol. The molecule has 1 fully saturated rings. The molecule has 0 aliphatic carbocycles. The molecule has 1 aromatic heterocycles. The van der Waals surface area contributed by atoms with Crippen molar-refractivity contribution in [3.63, 3.8) is 0 Å². The minimum Gasteiger partial charge on any atom is -0.372 e. The molecule has 32 heavy (non-hydrogen) atoms. The van der Waals surface area contributed by atoms with Crippen molar-refractivity contribution in [3.05, 3.63) is 74.7 Å². The maximum Gasteiger partial charge on any atom is 0.439 e. The molecule has 1 amide bonds. The largest absolute Gasteiger partial charge is 0.439 e. The number of amides is 1. The normalized spacial score (nSPS) is 18.8. The van der Waals surface area contributed by atoms with E-state index in [4.69, 9.17) is 16.3 Å². The van der Waals surface area contributed by atoms with Crippen molar-refractivity contribution in [3.8, 4) is 11.4 Å². The smallest absolute Gasteiger partial charge is 0.372 e. The second-order valence-corrected chi connectivity index (χ2v) is 7.68.